The number of nitrogens with zero attached hydrogens (tertiary/aromatic N) is 3. The van der Waals surface area contributed by atoms with E-state index in [1.54, 1.807) is 24.3 Å². The molecule has 0 aliphatic carbocycles. The number of carbonyl (C=O) groups is 1. The van der Waals surface area contributed by atoms with Gasteiger partial charge in [0.05, 0.1) is 16.4 Å². The van der Waals surface area contributed by atoms with Gasteiger partial charge in [-0.1, -0.05) is 60.1 Å². The Morgan fingerprint density at radius 1 is 0.943 bits per heavy atom. The van der Waals surface area contributed by atoms with Gasteiger partial charge in [0.15, 0.2) is 5.11 Å². The Morgan fingerprint density at radius 3 is 2.37 bits per heavy atom. The maximum atomic E-state index is 12.3. The summed E-state index contributed by atoms with van der Waals surface area (Å²) in [6.07, 6.45) is 2.92. The van der Waals surface area contributed by atoms with E-state index < -0.39 is 5.91 Å². The highest BCUT2D eigenvalue weighted by Crippen LogP contribution is 2.27. The average Bonchev–Trinajstić information content (AvgIpc) is 3.51. The zero-order valence-corrected chi connectivity index (χ0v) is 19.8. The molecule has 0 unspecified atom stereocenters. The summed E-state index contributed by atoms with van der Waals surface area (Å²) < 4.78 is 5.76. The largest absolute Gasteiger partial charge is 0.457 e. The van der Waals surface area contributed by atoms with Crippen molar-refractivity contribution in [2.24, 2.45) is 0 Å². The second-order valence-corrected chi connectivity index (χ2v) is 8.31. The molecule has 2 N–H and O–H groups in total. The van der Waals surface area contributed by atoms with Crippen LogP contribution in [0.1, 0.15) is 5.76 Å². The lowest BCUT2D eigenvalue weighted by atomic mass is 10.2. The van der Waals surface area contributed by atoms with Crippen LogP contribution in [-0.4, -0.2) is 26.0 Å². The number of amides is 1. The summed E-state index contributed by atoms with van der Waals surface area (Å²) in [5, 5.41) is 15.0. The zero-order chi connectivity index (χ0) is 24.2. The topological polar surface area (TPSA) is 85.0 Å². The van der Waals surface area contributed by atoms with Gasteiger partial charge in [-0.05, 0) is 54.7 Å². The molecule has 0 fully saturated rings. The molecule has 172 valence electrons. The van der Waals surface area contributed by atoms with Gasteiger partial charge in [0.2, 0.25) is 5.91 Å². The summed E-state index contributed by atoms with van der Waals surface area (Å²) in [5.41, 5.74) is 3.56. The predicted molar refractivity (Wildman–Crippen MR) is 141 cm³/mol. The van der Waals surface area contributed by atoms with Crippen LogP contribution >= 0.6 is 23.8 Å². The lowest BCUT2D eigenvalue weighted by Crippen LogP contribution is -2.32. The molecule has 2 heterocycles. The summed E-state index contributed by atoms with van der Waals surface area (Å²) in [4.78, 5) is 13.9. The van der Waals surface area contributed by atoms with Crippen molar-refractivity contribution in [3.8, 4) is 17.0 Å². The van der Waals surface area contributed by atoms with E-state index in [9.17, 15) is 4.79 Å². The third kappa shape index (κ3) is 5.29. The van der Waals surface area contributed by atoms with Crippen LogP contribution < -0.4 is 10.6 Å². The third-order valence-electron chi connectivity index (χ3n) is 5.03. The number of hydrogen-bond donors (Lipinski definition) is 2. The van der Waals surface area contributed by atoms with Crippen LogP contribution in [-0.2, 0) is 4.79 Å². The van der Waals surface area contributed by atoms with Crippen LogP contribution in [0.3, 0.4) is 0 Å². The highest BCUT2D eigenvalue weighted by atomic mass is 35.5. The number of rotatable bonds is 5. The first-order chi connectivity index (χ1) is 17.0. The highest BCUT2D eigenvalue weighted by Gasteiger charge is 2.11. The number of thiocarbonyl (C=S) groups is 1. The zero-order valence-electron chi connectivity index (χ0n) is 18.2. The molecule has 0 radical (unpaired) electrons. The number of carbonyl (C=O) groups excluding carboxylic acids is 1. The first kappa shape index (κ1) is 22.5. The molecule has 1 amide bonds. The van der Waals surface area contributed by atoms with Gasteiger partial charge in [-0.2, -0.15) is 4.80 Å². The number of para-hydroxylation sites is 1. The second-order valence-electron chi connectivity index (χ2n) is 7.49. The van der Waals surface area contributed by atoms with E-state index in [1.165, 1.54) is 10.9 Å². The van der Waals surface area contributed by atoms with Gasteiger partial charge >= 0.3 is 0 Å². The normalized spacial score (nSPS) is 11.1. The van der Waals surface area contributed by atoms with Gasteiger partial charge in [-0.3, -0.25) is 10.1 Å². The predicted octanol–water partition coefficient (Wildman–Crippen LogP) is 5.86. The minimum absolute atomic E-state index is 0.0979. The maximum absolute atomic E-state index is 12.3. The van der Waals surface area contributed by atoms with Crippen LogP contribution in [0.2, 0.25) is 5.02 Å². The molecule has 0 saturated carbocycles. The lowest BCUT2D eigenvalue weighted by molar-refractivity contribution is -0.115. The van der Waals surface area contributed by atoms with Crippen molar-refractivity contribution in [3.05, 3.63) is 102 Å². The van der Waals surface area contributed by atoms with Gasteiger partial charge in [0, 0.05) is 11.6 Å². The number of fused-ring (bicyclic) bond motifs is 1. The fourth-order valence-electron chi connectivity index (χ4n) is 3.38. The Balaban J connectivity index is 1.23. The van der Waals surface area contributed by atoms with E-state index in [2.05, 4.69) is 20.8 Å². The molecule has 0 aliphatic rings. The Hall–Kier alpha value is -4.27. The number of nitrogens with one attached hydrogen (secondary N) is 2. The Kier molecular flexibility index (Phi) is 6.38. The summed E-state index contributed by atoms with van der Waals surface area (Å²) in [6, 6.07) is 26.3. The van der Waals surface area contributed by atoms with Gasteiger partial charge in [-0.15, -0.1) is 10.2 Å². The number of halogens is 1. The summed E-state index contributed by atoms with van der Waals surface area (Å²) in [7, 11) is 0. The third-order valence-corrected chi connectivity index (χ3v) is 5.54. The van der Waals surface area contributed by atoms with E-state index in [0.717, 1.165) is 17.0 Å². The second kappa shape index (κ2) is 9.92. The van der Waals surface area contributed by atoms with Crippen molar-refractivity contribution >= 4 is 57.6 Å². The van der Waals surface area contributed by atoms with Crippen molar-refractivity contribution in [2.75, 3.05) is 5.32 Å². The minimum Gasteiger partial charge on any atom is -0.457 e. The fraction of sp³-hybridized carbons (Fsp3) is 0. The minimum atomic E-state index is -0.410. The number of furan rings is 1. The summed E-state index contributed by atoms with van der Waals surface area (Å²) >= 11 is 11.7. The van der Waals surface area contributed by atoms with Crippen LogP contribution in [0.25, 0.3) is 34.1 Å². The molecule has 0 atom stereocenters. The molecule has 9 heteroatoms. The maximum Gasteiger partial charge on any atom is 0.250 e. The molecule has 0 saturated heterocycles. The molecule has 7 nitrogen and oxygen atoms in total. The number of hydrogen-bond acceptors (Lipinski definition) is 5. The first-order valence-electron chi connectivity index (χ1n) is 10.6. The van der Waals surface area contributed by atoms with E-state index in [4.69, 9.17) is 28.2 Å². The smallest absolute Gasteiger partial charge is 0.250 e. The van der Waals surface area contributed by atoms with Gasteiger partial charge < -0.3 is 9.73 Å². The van der Waals surface area contributed by atoms with Crippen molar-refractivity contribution in [1.29, 1.82) is 0 Å². The standard InChI is InChI=1S/C26H18ClN5O2S/c27-20-15-22-23(31-32(30-22)18-9-5-2-6-10-18)16-21(20)28-26(35)29-25(33)14-12-19-11-13-24(34-19)17-7-3-1-4-8-17/h1-16H,(H2,28,29,33,35). The molecular formula is C26H18ClN5O2S. The summed E-state index contributed by atoms with van der Waals surface area (Å²) in [5.74, 6) is 0.859. The van der Waals surface area contributed by atoms with Crippen molar-refractivity contribution in [3.63, 3.8) is 0 Å². The fourth-order valence-corrected chi connectivity index (χ4v) is 3.79. The number of aromatic nitrogens is 3. The van der Waals surface area contributed by atoms with E-state index in [1.807, 2.05) is 66.7 Å². The van der Waals surface area contributed by atoms with Crippen molar-refractivity contribution in [2.45, 2.75) is 0 Å². The Bertz CT molecular complexity index is 1540. The molecular weight excluding hydrogens is 482 g/mol. The van der Waals surface area contributed by atoms with Crippen LogP contribution in [0.15, 0.2) is 95.4 Å². The molecule has 35 heavy (non-hydrogen) atoms. The van der Waals surface area contributed by atoms with Crippen molar-refractivity contribution < 1.29 is 9.21 Å². The molecule has 3 aromatic carbocycles. The molecule has 5 aromatic rings. The molecule has 0 aliphatic heterocycles. The van der Waals surface area contributed by atoms with Crippen LogP contribution in [0.4, 0.5) is 5.69 Å². The van der Waals surface area contributed by atoms with Gasteiger partial charge in [-0.25, -0.2) is 0 Å². The van der Waals surface area contributed by atoms with E-state index in [-0.39, 0.29) is 5.11 Å². The van der Waals surface area contributed by atoms with E-state index >= 15 is 0 Å². The number of anilines is 1. The molecule has 0 bridgehead atoms. The lowest BCUT2D eigenvalue weighted by Gasteiger charge is -2.09. The van der Waals surface area contributed by atoms with Crippen molar-refractivity contribution in [1.82, 2.24) is 20.3 Å². The molecule has 2 aromatic heterocycles. The Labute approximate surface area is 211 Å². The molecule has 0 spiro atoms. The average molecular weight is 500 g/mol. The highest BCUT2D eigenvalue weighted by molar-refractivity contribution is 7.80. The van der Waals surface area contributed by atoms with Crippen LogP contribution in [0.5, 0.6) is 0 Å². The van der Waals surface area contributed by atoms with E-state index in [0.29, 0.717) is 27.5 Å². The number of benzene rings is 3. The Morgan fingerprint density at radius 2 is 1.63 bits per heavy atom. The van der Waals surface area contributed by atoms with Crippen LogP contribution in [0, 0.1) is 0 Å². The monoisotopic (exact) mass is 499 g/mol. The molecule has 5 rings (SSSR count). The van der Waals surface area contributed by atoms with Gasteiger partial charge in [0.1, 0.15) is 22.6 Å². The SMILES string of the molecule is O=C(C=Cc1ccc(-c2ccccc2)o1)NC(=S)Nc1cc2nn(-c3ccccc3)nc2cc1Cl. The van der Waals surface area contributed by atoms with Gasteiger partial charge in [0.25, 0.3) is 0 Å². The quantitative estimate of drug-likeness (QED) is 0.233. The summed E-state index contributed by atoms with van der Waals surface area (Å²) in [6.45, 7) is 0. The first-order valence-corrected chi connectivity index (χ1v) is 11.4.